The number of hydrogen-bond acceptors (Lipinski definition) is 1. The van der Waals surface area contributed by atoms with Crippen molar-refractivity contribution in [2.24, 2.45) is 0 Å². The zero-order chi connectivity index (χ0) is 10.9. The fourth-order valence-corrected chi connectivity index (χ4v) is 0.922. The van der Waals surface area contributed by atoms with Gasteiger partial charge < -0.3 is 4.48 Å². The van der Waals surface area contributed by atoms with Crippen LogP contribution in [0.25, 0.3) is 0 Å². The van der Waals surface area contributed by atoms with Crippen molar-refractivity contribution >= 4 is 0 Å². The van der Waals surface area contributed by atoms with E-state index in [1.807, 2.05) is 0 Å². The lowest BCUT2D eigenvalue weighted by Gasteiger charge is -2.42. The highest BCUT2D eigenvalue weighted by molar-refractivity contribution is 4.70. The molecule has 0 rings (SSSR count). The van der Waals surface area contributed by atoms with Crippen LogP contribution in [0.3, 0.4) is 0 Å². The van der Waals surface area contributed by atoms with Gasteiger partial charge in [-0.2, -0.15) is 0 Å². The second-order valence-electron chi connectivity index (χ2n) is 5.88. The SMILES string of the molecule is CC(C)[N+](C)(C)CN(C)C(C)(C)C. The first kappa shape index (κ1) is 12.9. The molecule has 0 aliphatic rings. The van der Waals surface area contributed by atoms with Gasteiger partial charge in [0.1, 0.15) is 6.67 Å². The number of quaternary nitrogens is 1. The Bertz CT molecular complexity index is 154. The van der Waals surface area contributed by atoms with Crippen LogP contribution in [0.1, 0.15) is 34.6 Å². The summed E-state index contributed by atoms with van der Waals surface area (Å²) < 4.78 is 1.05. The van der Waals surface area contributed by atoms with E-state index in [0.29, 0.717) is 6.04 Å². The highest BCUT2D eigenvalue weighted by atomic mass is 15.4. The molecule has 0 fully saturated rings. The molecule has 0 aliphatic heterocycles. The minimum atomic E-state index is 0.268. The van der Waals surface area contributed by atoms with Crippen LogP contribution < -0.4 is 0 Å². The molecule has 2 heteroatoms. The van der Waals surface area contributed by atoms with Gasteiger partial charge in [-0.25, -0.2) is 0 Å². The molecule has 0 saturated carbocycles. The van der Waals surface area contributed by atoms with E-state index in [-0.39, 0.29) is 5.54 Å². The van der Waals surface area contributed by atoms with Crippen molar-refractivity contribution in [2.75, 3.05) is 27.8 Å². The summed E-state index contributed by atoms with van der Waals surface area (Å²) in [7, 11) is 6.77. The lowest BCUT2D eigenvalue weighted by Crippen LogP contribution is -2.55. The second kappa shape index (κ2) is 3.97. The van der Waals surface area contributed by atoms with Crippen LogP contribution in [0.2, 0.25) is 0 Å². The molecule has 0 heterocycles. The van der Waals surface area contributed by atoms with Crippen LogP contribution in [0, 0.1) is 0 Å². The van der Waals surface area contributed by atoms with Crippen molar-refractivity contribution in [2.45, 2.75) is 46.2 Å². The predicted molar refractivity (Wildman–Crippen MR) is 59.6 cm³/mol. The third-order valence-corrected chi connectivity index (χ3v) is 3.12. The Morgan fingerprint density at radius 1 is 1.15 bits per heavy atom. The molecule has 0 bridgehead atoms. The van der Waals surface area contributed by atoms with Gasteiger partial charge in [0.15, 0.2) is 0 Å². The first-order chi connectivity index (χ1) is 5.57. The summed E-state index contributed by atoms with van der Waals surface area (Å²) in [5.41, 5.74) is 0.268. The van der Waals surface area contributed by atoms with Crippen molar-refractivity contribution in [3.05, 3.63) is 0 Å². The molecule has 0 saturated heterocycles. The average molecular weight is 187 g/mol. The quantitative estimate of drug-likeness (QED) is 0.483. The summed E-state index contributed by atoms with van der Waals surface area (Å²) in [6, 6.07) is 0.671. The molecular weight excluding hydrogens is 160 g/mol. The van der Waals surface area contributed by atoms with Crippen molar-refractivity contribution in [1.29, 1.82) is 0 Å². The lowest BCUT2D eigenvalue weighted by molar-refractivity contribution is -0.921. The first-order valence-electron chi connectivity index (χ1n) is 5.11. The van der Waals surface area contributed by atoms with E-state index in [1.54, 1.807) is 0 Å². The highest BCUT2D eigenvalue weighted by Gasteiger charge is 2.27. The summed E-state index contributed by atoms with van der Waals surface area (Å²) in [6.07, 6.45) is 0. The lowest BCUT2D eigenvalue weighted by atomic mass is 10.1. The zero-order valence-corrected chi connectivity index (χ0v) is 10.7. The van der Waals surface area contributed by atoms with E-state index in [1.165, 1.54) is 0 Å². The molecule has 0 N–H and O–H groups in total. The predicted octanol–water partition coefficient (Wildman–Crippen LogP) is 2.16. The third kappa shape index (κ3) is 4.10. The van der Waals surface area contributed by atoms with Gasteiger partial charge in [0.2, 0.25) is 0 Å². The molecule has 0 unspecified atom stereocenters. The smallest absolute Gasteiger partial charge is 0.135 e. The molecule has 0 aliphatic carbocycles. The molecule has 2 nitrogen and oxygen atoms in total. The van der Waals surface area contributed by atoms with Gasteiger partial charge >= 0.3 is 0 Å². The molecule has 0 aromatic heterocycles. The highest BCUT2D eigenvalue weighted by Crippen LogP contribution is 2.15. The molecular formula is C11H27N2+. The molecule has 13 heavy (non-hydrogen) atoms. The van der Waals surface area contributed by atoms with E-state index in [0.717, 1.165) is 11.2 Å². The number of nitrogens with zero attached hydrogens (tertiary/aromatic N) is 2. The summed E-state index contributed by atoms with van der Waals surface area (Å²) in [4.78, 5) is 2.41. The van der Waals surface area contributed by atoms with Gasteiger partial charge in [0, 0.05) is 5.54 Å². The van der Waals surface area contributed by atoms with E-state index in [9.17, 15) is 0 Å². The van der Waals surface area contributed by atoms with Crippen molar-refractivity contribution in [3.63, 3.8) is 0 Å². The van der Waals surface area contributed by atoms with Crippen LogP contribution in [0.15, 0.2) is 0 Å². The largest absolute Gasteiger partial charge is 0.314 e. The summed E-state index contributed by atoms with van der Waals surface area (Å²) in [6.45, 7) is 12.4. The third-order valence-electron chi connectivity index (χ3n) is 3.12. The molecule has 0 spiro atoms. The Kier molecular flexibility index (Phi) is 3.95. The molecule has 0 amide bonds. The fraction of sp³-hybridized carbons (Fsp3) is 1.00. The molecule has 0 atom stereocenters. The van der Waals surface area contributed by atoms with Gasteiger partial charge in [0.25, 0.3) is 0 Å². The van der Waals surface area contributed by atoms with Crippen LogP contribution >= 0.6 is 0 Å². The monoisotopic (exact) mass is 187 g/mol. The normalized spacial score (nSPS) is 14.3. The van der Waals surface area contributed by atoms with Crippen molar-refractivity contribution in [1.82, 2.24) is 4.90 Å². The summed E-state index contributed by atoms with van der Waals surface area (Å²) in [5, 5.41) is 0. The maximum absolute atomic E-state index is 2.41. The Labute approximate surface area is 84.1 Å². The topological polar surface area (TPSA) is 3.24 Å². The minimum Gasteiger partial charge on any atom is -0.314 e. The van der Waals surface area contributed by atoms with Crippen LogP contribution in [0.5, 0.6) is 0 Å². The van der Waals surface area contributed by atoms with Gasteiger partial charge in [-0.3, -0.25) is 4.90 Å². The number of rotatable bonds is 3. The summed E-state index contributed by atoms with van der Waals surface area (Å²) >= 11 is 0. The van der Waals surface area contributed by atoms with Crippen LogP contribution in [0.4, 0.5) is 0 Å². The van der Waals surface area contributed by atoms with E-state index in [2.05, 4.69) is 60.7 Å². The van der Waals surface area contributed by atoms with E-state index >= 15 is 0 Å². The molecule has 80 valence electrons. The Morgan fingerprint density at radius 3 is 1.77 bits per heavy atom. The first-order valence-corrected chi connectivity index (χ1v) is 5.11. The van der Waals surface area contributed by atoms with Crippen molar-refractivity contribution in [3.8, 4) is 0 Å². The van der Waals surface area contributed by atoms with Gasteiger partial charge in [-0.05, 0) is 41.7 Å². The number of hydrogen-bond donors (Lipinski definition) is 0. The fourth-order valence-electron chi connectivity index (χ4n) is 0.922. The maximum Gasteiger partial charge on any atom is 0.135 e. The molecule has 0 aromatic carbocycles. The molecule has 0 aromatic rings. The maximum atomic E-state index is 2.41. The zero-order valence-electron chi connectivity index (χ0n) is 10.7. The molecule has 0 radical (unpaired) electrons. The summed E-state index contributed by atoms with van der Waals surface area (Å²) in [5.74, 6) is 0. The van der Waals surface area contributed by atoms with Gasteiger partial charge in [0.05, 0.1) is 20.1 Å². The minimum absolute atomic E-state index is 0.268. The standard InChI is InChI=1S/C11H27N2/c1-10(2)13(7,8)9-12(6)11(3,4)5/h10H,9H2,1-8H3/q+1. The van der Waals surface area contributed by atoms with E-state index < -0.39 is 0 Å². The van der Waals surface area contributed by atoms with Gasteiger partial charge in [-0.15, -0.1) is 0 Å². The van der Waals surface area contributed by atoms with Crippen LogP contribution in [-0.4, -0.2) is 48.8 Å². The van der Waals surface area contributed by atoms with E-state index in [4.69, 9.17) is 0 Å². The van der Waals surface area contributed by atoms with Gasteiger partial charge in [-0.1, -0.05) is 0 Å². The van der Waals surface area contributed by atoms with Crippen molar-refractivity contribution < 1.29 is 4.48 Å². The Morgan fingerprint density at radius 2 is 1.54 bits per heavy atom. The Hall–Kier alpha value is -0.0800. The van der Waals surface area contributed by atoms with Crippen LogP contribution in [-0.2, 0) is 0 Å². The average Bonchev–Trinajstić information content (AvgIpc) is 1.83. The Balaban J connectivity index is 4.28. The second-order valence-corrected chi connectivity index (χ2v) is 5.88.